The predicted molar refractivity (Wildman–Crippen MR) is 61.9 cm³/mol. The van der Waals surface area contributed by atoms with Crippen molar-refractivity contribution in [2.45, 2.75) is 12.8 Å². The van der Waals surface area contributed by atoms with Crippen molar-refractivity contribution in [3.05, 3.63) is 36.0 Å². The van der Waals surface area contributed by atoms with Crippen LogP contribution < -0.4 is 5.32 Å². The first-order valence-corrected chi connectivity index (χ1v) is 5.52. The molecular weight excluding hydrogens is 221 g/mol. The van der Waals surface area contributed by atoms with E-state index in [0.717, 1.165) is 19.4 Å². The van der Waals surface area contributed by atoms with E-state index in [2.05, 4.69) is 15.5 Å². The van der Waals surface area contributed by atoms with Crippen LogP contribution in [0.1, 0.15) is 12.3 Å². The molecule has 0 atom stereocenters. The van der Waals surface area contributed by atoms with Gasteiger partial charge in [0.25, 0.3) is 0 Å². The number of aryl methyl sites for hydroxylation is 1. The van der Waals surface area contributed by atoms with E-state index in [-0.39, 0.29) is 5.82 Å². The van der Waals surface area contributed by atoms with Gasteiger partial charge >= 0.3 is 0 Å². The fourth-order valence-electron chi connectivity index (χ4n) is 1.51. The Balaban J connectivity index is 2.07. The maximum absolute atomic E-state index is 13.0. The Morgan fingerprint density at radius 2 is 2.24 bits per heavy atom. The summed E-state index contributed by atoms with van der Waals surface area (Å²) in [6, 6.07) is 6.13. The smallest absolute Gasteiger partial charge is 0.247 e. The summed E-state index contributed by atoms with van der Waals surface area (Å²) in [5.41, 5.74) is 0.609. The molecule has 2 rings (SSSR count). The van der Waals surface area contributed by atoms with E-state index < -0.39 is 0 Å². The van der Waals surface area contributed by atoms with Crippen LogP contribution in [0.3, 0.4) is 0 Å². The molecule has 0 radical (unpaired) electrons. The lowest BCUT2D eigenvalue weighted by atomic mass is 10.2. The summed E-state index contributed by atoms with van der Waals surface area (Å²) in [6.07, 6.45) is 1.66. The van der Waals surface area contributed by atoms with Crippen LogP contribution in [-0.4, -0.2) is 23.8 Å². The van der Waals surface area contributed by atoms with Crippen molar-refractivity contribution in [2.75, 3.05) is 13.6 Å². The molecule has 17 heavy (non-hydrogen) atoms. The lowest BCUT2D eigenvalue weighted by Gasteiger charge is -1.95. The molecule has 0 aliphatic carbocycles. The number of hydrogen-bond donors (Lipinski definition) is 1. The van der Waals surface area contributed by atoms with Gasteiger partial charge in [-0.1, -0.05) is 6.07 Å². The highest BCUT2D eigenvalue weighted by atomic mass is 19.1. The van der Waals surface area contributed by atoms with Crippen molar-refractivity contribution in [3.8, 4) is 11.5 Å². The molecule has 1 aromatic carbocycles. The maximum atomic E-state index is 13.0. The minimum absolute atomic E-state index is 0.308. The molecule has 2 aromatic rings. The van der Waals surface area contributed by atoms with Gasteiger partial charge in [0, 0.05) is 12.0 Å². The number of nitrogens with one attached hydrogen (secondary N) is 1. The zero-order valence-electron chi connectivity index (χ0n) is 9.61. The van der Waals surface area contributed by atoms with E-state index in [1.807, 2.05) is 7.05 Å². The van der Waals surface area contributed by atoms with Gasteiger partial charge in [0.2, 0.25) is 11.8 Å². The van der Waals surface area contributed by atoms with E-state index in [1.54, 1.807) is 12.1 Å². The third-order valence-corrected chi connectivity index (χ3v) is 2.36. The van der Waals surface area contributed by atoms with E-state index in [4.69, 9.17) is 4.42 Å². The van der Waals surface area contributed by atoms with Gasteiger partial charge in [0.05, 0.1) is 0 Å². The maximum Gasteiger partial charge on any atom is 0.247 e. The standard InChI is InChI=1S/C12H14FN3O/c1-14-7-3-6-11-15-16-12(17-11)9-4-2-5-10(13)8-9/h2,4-5,8,14H,3,6-7H2,1H3. The third-order valence-electron chi connectivity index (χ3n) is 2.36. The molecule has 4 nitrogen and oxygen atoms in total. The number of hydrogen-bond acceptors (Lipinski definition) is 4. The van der Waals surface area contributed by atoms with Crippen LogP contribution in [0.15, 0.2) is 28.7 Å². The second-order valence-corrected chi connectivity index (χ2v) is 3.72. The molecule has 0 fully saturated rings. The topological polar surface area (TPSA) is 51.0 Å². The Morgan fingerprint density at radius 3 is 3.00 bits per heavy atom. The highest BCUT2D eigenvalue weighted by Gasteiger charge is 2.08. The van der Waals surface area contributed by atoms with Crippen molar-refractivity contribution in [1.29, 1.82) is 0 Å². The Hall–Kier alpha value is -1.75. The molecule has 0 saturated heterocycles. The van der Waals surface area contributed by atoms with Crippen molar-refractivity contribution in [1.82, 2.24) is 15.5 Å². The van der Waals surface area contributed by atoms with Gasteiger partial charge < -0.3 is 9.73 Å². The van der Waals surface area contributed by atoms with Crippen LogP contribution >= 0.6 is 0 Å². The van der Waals surface area contributed by atoms with Crippen LogP contribution in [0.5, 0.6) is 0 Å². The fraction of sp³-hybridized carbons (Fsp3) is 0.333. The molecule has 0 bridgehead atoms. The highest BCUT2D eigenvalue weighted by Crippen LogP contribution is 2.18. The first-order valence-electron chi connectivity index (χ1n) is 5.52. The van der Waals surface area contributed by atoms with Gasteiger partial charge in [-0.3, -0.25) is 0 Å². The second kappa shape index (κ2) is 5.54. The van der Waals surface area contributed by atoms with Crippen molar-refractivity contribution >= 4 is 0 Å². The summed E-state index contributed by atoms with van der Waals surface area (Å²) in [7, 11) is 1.89. The Bertz CT molecular complexity index is 484. The Kier molecular flexibility index (Phi) is 3.82. The predicted octanol–water partition coefficient (Wildman–Crippen LogP) is 2.03. The van der Waals surface area contributed by atoms with Gasteiger partial charge in [-0.2, -0.15) is 0 Å². The third kappa shape index (κ3) is 3.10. The number of aromatic nitrogens is 2. The number of benzene rings is 1. The molecule has 5 heteroatoms. The quantitative estimate of drug-likeness (QED) is 0.806. The normalized spacial score (nSPS) is 10.7. The van der Waals surface area contributed by atoms with Crippen molar-refractivity contribution < 1.29 is 8.81 Å². The lowest BCUT2D eigenvalue weighted by Crippen LogP contribution is -2.08. The van der Waals surface area contributed by atoms with E-state index >= 15 is 0 Å². The molecular formula is C12H14FN3O. The average Bonchev–Trinajstić information content (AvgIpc) is 2.78. The molecule has 0 spiro atoms. The van der Waals surface area contributed by atoms with Crippen molar-refractivity contribution in [3.63, 3.8) is 0 Å². The molecule has 0 unspecified atom stereocenters. The fourth-order valence-corrected chi connectivity index (χ4v) is 1.51. The summed E-state index contributed by atoms with van der Waals surface area (Å²) in [5, 5.41) is 10.9. The molecule has 0 amide bonds. The first kappa shape index (κ1) is 11.7. The zero-order valence-corrected chi connectivity index (χ0v) is 9.61. The Morgan fingerprint density at radius 1 is 1.35 bits per heavy atom. The SMILES string of the molecule is CNCCCc1nnc(-c2cccc(F)c2)o1. The van der Waals surface area contributed by atoms with E-state index in [0.29, 0.717) is 17.3 Å². The monoisotopic (exact) mass is 235 g/mol. The minimum atomic E-state index is -0.308. The van der Waals surface area contributed by atoms with Gasteiger partial charge in [-0.15, -0.1) is 10.2 Å². The number of halogens is 1. The summed E-state index contributed by atoms with van der Waals surface area (Å²) in [6.45, 7) is 0.900. The first-order chi connectivity index (χ1) is 8.29. The van der Waals surface area contributed by atoms with Crippen LogP contribution in [0.4, 0.5) is 4.39 Å². The summed E-state index contributed by atoms with van der Waals surface area (Å²) in [5.74, 6) is 0.640. The molecule has 1 heterocycles. The summed E-state index contributed by atoms with van der Waals surface area (Å²) in [4.78, 5) is 0. The number of nitrogens with zero attached hydrogens (tertiary/aromatic N) is 2. The van der Waals surface area contributed by atoms with Crippen LogP contribution in [-0.2, 0) is 6.42 Å². The van der Waals surface area contributed by atoms with Crippen LogP contribution in [0.2, 0.25) is 0 Å². The molecule has 0 saturated carbocycles. The second-order valence-electron chi connectivity index (χ2n) is 3.72. The van der Waals surface area contributed by atoms with Gasteiger partial charge in [-0.25, -0.2) is 4.39 Å². The molecule has 90 valence electrons. The lowest BCUT2D eigenvalue weighted by molar-refractivity contribution is 0.494. The van der Waals surface area contributed by atoms with Crippen molar-refractivity contribution in [2.24, 2.45) is 0 Å². The van der Waals surface area contributed by atoms with Crippen LogP contribution in [0, 0.1) is 5.82 Å². The summed E-state index contributed by atoms with van der Waals surface area (Å²) >= 11 is 0. The van der Waals surface area contributed by atoms with E-state index in [1.165, 1.54) is 12.1 Å². The molecule has 1 aromatic heterocycles. The van der Waals surface area contributed by atoms with Gasteiger partial charge in [0.1, 0.15) is 5.82 Å². The van der Waals surface area contributed by atoms with Crippen LogP contribution in [0.25, 0.3) is 11.5 Å². The van der Waals surface area contributed by atoms with Gasteiger partial charge in [0.15, 0.2) is 0 Å². The highest BCUT2D eigenvalue weighted by molar-refractivity contribution is 5.52. The molecule has 0 aliphatic heterocycles. The molecule has 1 N–H and O–H groups in total. The van der Waals surface area contributed by atoms with Gasteiger partial charge in [-0.05, 0) is 38.2 Å². The number of rotatable bonds is 5. The minimum Gasteiger partial charge on any atom is -0.421 e. The average molecular weight is 235 g/mol. The zero-order chi connectivity index (χ0) is 12.1. The Labute approximate surface area is 98.9 Å². The largest absolute Gasteiger partial charge is 0.421 e. The summed E-state index contributed by atoms with van der Waals surface area (Å²) < 4.78 is 18.5. The molecule has 0 aliphatic rings. The van der Waals surface area contributed by atoms with E-state index in [9.17, 15) is 4.39 Å².